The lowest BCUT2D eigenvalue weighted by atomic mass is 9.95. The van der Waals surface area contributed by atoms with Gasteiger partial charge in [-0.1, -0.05) is 30.9 Å². The molecule has 2 unspecified atom stereocenters. The molecular weight excluding hydrogens is 267 g/mol. The Hall–Kier alpha value is -1.13. The van der Waals surface area contributed by atoms with Crippen LogP contribution in [-0.4, -0.2) is 11.0 Å². The monoisotopic (exact) mass is 282 g/mol. The number of halogens is 2. The maximum atomic E-state index is 13.3. The second-order valence-electron chi connectivity index (χ2n) is 5.20. The second kappa shape index (κ2) is 5.10. The van der Waals surface area contributed by atoms with Crippen LogP contribution in [0.15, 0.2) is 16.5 Å². The zero-order valence-corrected chi connectivity index (χ0v) is 11.3. The molecule has 3 rings (SSSR count). The van der Waals surface area contributed by atoms with Gasteiger partial charge < -0.3 is 10.2 Å². The van der Waals surface area contributed by atoms with Gasteiger partial charge in [-0.3, -0.25) is 0 Å². The number of benzene rings is 1. The molecule has 0 radical (unpaired) electrons. The Kier molecular flexibility index (Phi) is 3.46. The summed E-state index contributed by atoms with van der Waals surface area (Å²) in [4.78, 5) is 4.38. The summed E-state index contributed by atoms with van der Waals surface area (Å²) in [7, 11) is 0. The van der Waals surface area contributed by atoms with Gasteiger partial charge in [-0.05, 0) is 18.9 Å². The lowest BCUT2D eigenvalue weighted by Crippen LogP contribution is -2.27. The average molecular weight is 283 g/mol. The Bertz CT molecular complexity index is 598. The van der Waals surface area contributed by atoms with Gasteiger partial charge in [0.25, 0.3) is 0 Å². The minimum atomic E-state index is -0.400. The van der Waals surface area contributed by atoms with Crippen LogP contribution >= 0.6 is 11.6 Å². The fourth-order valence-corrected chi connectivity index (χ4v) is 3.02. The minimum absolute atomic E-state index is 0.0548. The van der Waals surface area contributed by atoms with E-state index < -0.39 is 5.82 Å². The van der Waals surface area contributed by atoms with Gasteiger partial charge in [0.05, 0.1) is 10.9 Å². The van der Waals surface area contributed by atoms with E-state index in [-0.39, 0.29) is 17.0 Å². The maximum Gasteiger partial charge on any atom is 0.200 e. The van der Waals surface area contributed by atoms with Crippen LogP contribution < -0.4 is 5.73 Å². The first-order valence-electron chi connectivity index (χ1n) is 6.66. The molecule has 0 saturated heterocycles. The van der Waals surface area contributed by atoms with Crippen molar-refractivity contribution in [3.05, 3.63) is 28.9 Å². The van der Waals surface area contributed by atoms with E-state index in [1.165, 1.54) is 18.6 Å². The highest BCUT2D eigenvalue weighted by molar-refractivity contribution is 6.34. The lowest BCUT2D eigenvalue weighted by Gasteiger charge is -2.17. The molecule has 0 amide bonds. The van der Waals surface area contributed by atoms with Gasteiger partial charge >= 0.3 is 0 Å². The van der Waals surface area contributed by atoms with Crippen LogP contribution in [0, 0.1) is 5.82 Å². The number of oxazole rings is 1. The standard InChI is InChI=1S/C14H16ClFN2O/c15-10-6-8(16)7-12-13(10)19-14(18-12)9-4-2-1-3-5-11(9)17/h6-7,9,11H,1-5,17H2. The Morgan fingerprint density at radius 3 is 2.89 bits per heavy atom. The maximum absolute atomic E-state index is 13.3. The zero-order valence-electron chi connectivity index (χ0n) is 10.5. The van der Waals surface area contributed by atoms with Crippen molar-refractivity contribution in [1.82, 2.24) is 4.98 Å². The normalized spacial score (nSPS) is 24.6. The van der Waals surface area contributed by atoms with Gasteiger partial charge in [0.1, 0.15) is 11.3 Å². The Balaban J connectivity index is 2.02. The summed E-state index contributed by atoms with van der Waals surface area (Å²) in [5.74, 6) is 0.299. The van der Waals surface area contributed by atoms with Gasteiger partial charge in [0, 0.05) is 12.1 Å². The van der Waals surface area contributed by atoms with Gasteiger partial charge in [-0.2, -0.15) is 0 Å². The van der Waals surface area contributed by atoms with Crippen molar-refractivity contribution < 1.29 is 8.81 Å². The topological polar surface area (TPSA) is 52.0 Å². The van der Waals surface area contributed by atoms with E-state index in [2.05, 4.69) is 4.98 Å². The smallest absolute Gasteiger partial charge is 0.200 e. The predicted octanol–water partition coefficient (Wildman–Crippen LogP) is 4.00. The van der Waals surface area contributed by atoms with Gasteiger partial charge in [-0.25, -0.2) is 9.37 Å². The minimum Gasteiger partial charge on any atom is -0.439 e. The van der Waals surface area contributed by atoms with E-state index in [1.807, 2.05) is 0 Å². The van der Waals surface area contributed by atoms with E-state index >= 15 is 0 Å². The first-order valence-corrected chi connectivity index (χ1v) is 7.04. The van der Waals surface area contributed by atoms with Crippen molar-refractivity contribution >= 4 is 22.7 Å². The number of nitrogens with zero attached hydrogens (tertiary/aromatic N) is 1. The second-order valence-corrected chi connectivity index (χ2v) is 5.60. The molecule has 0 aliphatic heterocycles. The average Bonchev–Trinajstić information content (AvgIpc) is 2.65. The van der Waals surface area contributed by atoms with Crippen molar-refractivity contribution in [3.63, 3.8) is 0 Å². The summed E-state index contributed by atoms with van der Waals surface area (Å²) in [6.07, 6.45) is 5.41. The molecule has 102 valence electrons. The third-order valence-corrected chi connectivity index (χ3v) is 4.09. The SMILES string of the molecule is NC1CCCCCC1c1nc2cc(F)cc(Cl)c2o1. The van der Waals surface area contributed by atoms with E-state index in [4.69, 9.17) is 21.8 Å². The van der Waals surface area contributed by atoms with Crippen LogP contribution in [-0.2, 0) is 0 Å². The molecule has 2 atom stereocenters. The number of aromatic nitrogens is 1. The van der Waals surface area contributed by atoms with Crippen molar-refractivity contribution in [3.8, 4) is 0 Å². The van der Waals surface area contributed by atoms with E-state index in [9.17, 15) is 4.39 Å². The van der Waals surface area contributed by atoms with Gasteiger partial charge in [0.2, 0.25) is 0 Å². The lowest BCUT2D eigenvalue weighted by molar-refractivity contribution is 0.402. The van der Waals surface area contributed by atoms with Crippen LogP contribution in [0.4, 0.5) is 4.39 Å². The quantitative estimate of drug-likeness (QED) is 0.805. The highest BCUT2D eigenvalue weighted by atomic mass is 35.5. The fraction of sp³-hybridized carbons (Fsp3) is 0.500. The van der Waals surface area contributed by atoms with Crippen molar-refractivity contribution in [2.75, 3.05) is 0 Å². The van der Waals surface area contributed by atoms with E-state index in [0.29, 0.717) is 17.0 Å². The number of rotatable bonds is 1. The molecule has 1 heterocycles. The van der Waals surface area contributed by atoms with Crippen LogP contribution in [0.2, 0.25) is 5.02 Å². The number of fused-ring (bicyclic) bond motifs is 1. The number of hydrogen-bond donors (Lipinski definition) is 1. The molecule has 1 saturated carbocycles. The molecule has 1 fully saturated rings. The fourth-order valence-electron chi connectivity index (χ4n) is 2.78. The first-order chi connectivity index (χ1) is 9.15. The Morgan fingerprint density at radius 2 is 2.05 bits per heavy atom. The Labute approximate surface area is 115 Å². The zero-order chi connectivity index (χ0) is 13.4. The summed E-state index contributed by atoms with van der Waals surface area (Å²) < 4.78 is 19.0. The van der Waals surface area contributed by atoms with Crippen molar-refractivity contribution in [2.24, 2.45) is 5.73 Å². The summed E-state index contributed by atoms with van der Waals surface area (Å²) in [6, 6.07) is 2.64. The molecule has 19 heavy (non-hydrogen) atoms. The summed E-state index contributed by atoms with van der Waals surface area (Å²) in [5.41, 5.74) is 7.12. The van der Waals surface area contributed by atoms with E-state index in [1.54, 1.807) is 0 Å². The van der Waals surface area contributed by atoms with Crippen LogP contribution in [0.1, 0.15) is 43.9 Å². The van der Waals surface area contributed by atoms with Crippen molar-refractivity contribution in [2.45, 2.75) is 44.1 Å². The summed E-state index contributed by atoms with van der Waals surface area (Å²) >= 11 is 5.98. The molecule has 1 aromatic heterocycles. The summed E-state index contributed by atoms with van der Waals surface area (Å²) in [6.45, 7) is 0. The third kappa shape index (κ3) is 2.47. The molecule has 1 aromatic carbocycles. The first kappa shape index (κ1) is 12.9. The molecule has 0 bridgehead atoms. The highest BCUT2D eigenvalue weighted by Crippen LogP contribution is 2.34. The molecule has 1 aliphatic rings. The van der Waals surface area contributed by atoms with Crippen LogP contribution in [0.3, 0.4) is 0 Å². The number of hydrogen-bond acceptors (Lipinski definition) is 3. The molecule has 3 nitrogen and oxygen atoms in total. The molecule has 5 heteroatoms. The molecule has 1 aliphatic carbocycles. The number of nitrogens with two attached hydrogens (primary N) is 1. The van der Waals surface area contributed by atoms with Crippen LogP contribution in [0.25, 0.3) is 11.1 Å². The summed E-state index contributed by atoms with van der Waals surface area (Å²) in [5, 5.41) is 0.260. The molecule has 2 aromatic rings. The molecular formula is C14H16ClFN2O. The van der Waals surface area contributed by atoms with Gasteiger partial charge in [-0.15, -0.1) is 0 Å². The Morgan fingerprint density at radius 1 is 1.26 bits per heavy atom. The van der Waals surface area contributed by atoms with Crippen LogP contribution in [0.5, 0.6) is 0 Å². The third-order valence-electron chi connectivity index (χ3n) is 3.81. The molecule has 0 spiro atoms. The largest absolute Gasteiger partial charge is 0.439 e. The highest BCUT2D eigenvalue weighted by Gasteiger charge is 2.27. The molecule has 2 N–H and O–H groups in total. The van der Waals surface area contributed by atoms with E-state index in [0.717, 1.165) is 25.7 Å². The predicted molar refractivity (Wildman–Crippen MR) is 72.8 cm³/mol. The van der Waals surface area contributed by atoms with Gasteiger partial charge in [0.15, 0.2) is 11.5 Å². The van der Waals surface area contributed by atoms with Crippen molar-refractivity contribution in [1.29, 1.82) is 0 Å².